The van der Waals surface area contributed by atoms with Gasteiger partial charge in [0.1, 0.15) is 5.52 Å². The van der Waals surface area contributed by atoms with Gasteiger partial charge in [0.2, 0.25) is 0 Å². The van der Waals surface area contributed by atoms with Crippen molar-refractivity contribution in [2.24, 2.45) is 7.05 Å². The first-order valence-electron chi connectivity index (χ1n) is 8.95. The number of nitrogens with zero attached hydrogens (tertiary/aromatic N) is 5. The van der Waals surface area contributed by atoms with Crippen molar-refractivity contribution in [2.45, 2.75) is 31.3 Å². The lowest BCUT2D eigenvalue weighted by molar-refractivity contribution is 0.0694. The van der Waals surface area contributed by atoms with Crippen molar-refractivity contribution in [3.8, 4) is 0 Å². The molecular formula is C20H19N5O. The molecular weight excluding hydrogens is 326 g/mol. The molecule has 2 aromatic heterocycles. The highest BCUT2D eigenvalue weighted by Crippen LogP contribution is 2.39. The number of hydrogen-bond donors (Lipinski definition) is 0. The lowest BCUT2D eigenvalue weighted by atomic mass is 9.94. The van der Waals surface area contributed by atoms with Gasteiger partial charge in [-0.3, -0.25) is 4.79 Å². The third kappa shape index (κ3) is 2.25. The van der Waals surface area contributed by atoms with Gasteiger partial charge in [-0.05, 0) is 36.5 Å². The molecule has 3 aromatic rings. The summed E-state index contributed by atoms with van der Waals surface area (Å²) in [6.07, 6.45) is 6.89. The summed E-state index contributed by atoms with van der Waals surface area (Å²) < 4.78 is 1.60. The summed E-state index contributed by atoms with van der Waals surface area (Å²) in [5.41, 5.74) is 4.42. The summed E-state index contributed by atoms with van der Waals surface area (Å²) >= 11 is 0. The van der Waals surface area contributed by atoms with E-state index < -0.39 is 0 Å². The maximum Gasteiger partial charge on any atom is 0.257 e. The molecule has 2 aliphatic heterocycles. The molecule has 1 amide bonds. The van der Waals surface area contributed by atoms with Crippen molar-refractivity contribution in [2.75, 3.05) is 0 Å². The third-order valence-corrected chi connectivity index (χ3v) is 5.50. The van der Waals surface area contributed by atoms with Gasteiger partial charge in [0.25, 0.3) is 5.91 Å². The van der Waals surface area contributed by atoms with E-state index in [9.17, 15) is 4.79 Å². The Morgan fingerprint density at radius 1 is 1.15 bits per heavy atom. The quantitative estimate of drug-likeness (QED) is 0.716. The van der Waals surface area contributed by atoms with Crippen LogP contribution in [0.2, 0.25) is 0 Å². The van der Waals surface area contributed by atoms with Crippen molar-refractivity contribution in [3.05, 3.63) is 59.8 Å². The van der Waals surface area contributed by atoms with Crippen LogP contribution in [0.5, 0.6) is 0 Å². The van der Waals surface area contributed by atoms with Crippen LogP contribution in [0.25, 0.3) is 16.7 Å². The van der Waals surface area contributed by atoms with Gasteiger partial charge in [0.05, 0.1) is 11.6 Å². The predicted molar refractivity (Wildman–Crippen MR) is 98.3 cm³/mol. The Hall–Kier alpha value is -3.02. The minimum absolute atomic E-state index is 0.0359. The first-order chi connectivity index (χ1) is 12.7. The molecule has 1 aromatic carbocycles. The average molecular weight is 345 g/mol. The summed E-state index contributed by atoms with van der Waals surface area (Å²) in [6, 6.07) is 12.6. The van der Waals surface area contributed by atoms with Gasteiger partial charge in [0.15, 0.2) is 5.65 Å². The summed E-state index contributed by atoms with van der Waals surface area (Å²) in [5, 5.41) is 8.17. The number of hydrogen-bond acceptors (Lipinski definition) is 4. The molecule has 6 heteroatoms. The minimum atomic E-state index is 0.0359. The molecule has 1 saturated heterocycles. The number of carbonyl (C=O) groups is 1. The van der Waals surface area contributed by atoms with Crippen LogP contribution in [0.3, 0.4) is 0 Å². The fourth-order valence-electron chi connectivity index (χ4n) is 4.26. The van der Waals surface area contributed by atoms with Crippen molar-refractivity contribution < 1.29 is 4.79 Å². The Labute approximate surface area is 151 Å². The fraction of sp³-hybridized carbons (Fsp3) is 0.300. The molecule has 0 radical (unpaired) electrons. The summed E-state index contributed by atoms with van der Waals surface area (Å²) in [4.78, 5) is 19.6. The highest BCUT2D eigenvalue weighted by atomic mass is 16.2. The molecule has 0 aliphatic carbocycles. The van der Waals surface area contributed by atoms with Gasteiger partial charge in [-0.25, -0.2) is 9.67 Å². The fourth-order valence-corrected chi connectivity index (χ4v) is 4.26. The smallest absolute Gasteiger partial charge is 0.257 e. The van der Waals surface area contributed by atoms with Gasteiger partial charge in [-0.15, -0.1) is 5.10 Å². The highest BCUT2D eigenvalue weighted by Gasteiger charge is 2.40. The van der Waals surface area contributed by atoms with Crippen LogP contribution in [0.4, 0.5) is 0 Å². The van der Waals surface area contributed by atoms with Crippen LogP contribution in [0.15, 0.2) is 48.7 Å². The lowest BCUT2D eigenvalue weighted by Gasteiger charge is -2.34. The van der Waals surface area contributed by atoms with Crippen molar-refractivity contribution >= 4 is 22.6 Å². The second kappa shape index (κ2) is 5.76. The van der Waals surface area contributed by atoms with Crippen molar-refractivity contribution in [1.82, 2.24) is 24.9 Å². The number of amides is 1. The number of rotatable bonds is 2. The standard InChI is InChI=1S/C20H19N5O/c1-24-19-18(22-23-24)17(9-10-21-19)20(26)25-15-7-8-16(25)12-14(11-15)13-5-3-2-4-6-13/h2-6,9-11,15-16H,7-8,12H2,1H3. The monoisotopic (exact) mass is 345 g/mol. The number of aryl methyl sites for hydroxylation is 1. The van der Waals surface area contributed by atoms with E-state index in [1.807, 2.05) is 11.0 Å². The molecule has 5 rings (SSSR count). The van der Waals surface area contributed by atoms with Crippen LogP contribution < -0.4 is 0 Å². The Balaban J connectivity index is 1.51. The largest absolute Gasteiger partial charge is 0.329 e. The van der Waals surface area contributed by atoms with E-state index in [1.165, 1.54) is 11.1 Å². The molecule has 26 heavy (non-hydrogen) atoms. The van der Waals surface area contributed by atoms with Gasteiger partial charge in [-0.2, -0.15) is 0 Å². The molecule has 0 N–H and O–H groups in total. The zero-order valence-electron chi connectivity index (χ0n) is 14.5. The molecule has 0 saturated carbocycles. The number of aromatic nitrogens is 4. The van der Waals surface area contributed by atoms with E-state index >= 15 is 0 Å². The predicted octanol–water partition coefficient (Wildman–Crippen LogP) is 2.82. The number of fused-ring (bicyclic) bond motifs is 3. The Morgan fingerprint density at radius 3 is 2.81 bits per heavy atom. The normalized spacial score (nSPS) is 21.9. The molecule has 6 nitrogen and oxygen atoms in total. The maximum atomic E-state index is 13.3. The SMILES string of the molecule is Cn1nnc2c(C(=O)N3C4C=C(c5ccccc5)CC3CC4)ccnc21. The Kier molecular flexibility index (Phi) is 3.38. The van der Waals surface area contributed by atoms with Crippen LogP contribution in [0.1, 0.15) is 35.2 Å². The zero-order chi connectivity index (χ0) is 17.7. The second-order valence-electron chi connectivity index (χ2n) is 7.02. The maximum absolute atomic E-state index is 13.3. The zero-order valence-corrected chi connectivity index (χ0v) is 14.5. The molecule has 2 unspecified atom stereocenters. The molecule has 4 heterocycles. The summed E-state index contributed by atoms with van der Waals surface area (Å²) in [7, 11) is 1.79. The Morgan fingerprint density at radius 2 is 2.00 bits per heavy atom. The minimum Gasteiger partial charge on any atom is -0.329 e. The van der Waals surface area contributed by atoms with Crippen LogP contribution in [-0.2, 0) is 7.05 Å². The van der Waals surface area contributed by atoms with Gasteiger partial charge >= 0.3 is 0 Å². The first kappa shape index (κ1) is 15.3. The van der Waals surface area contributed by atoms with Crippen LogP contribution in [-0.4, -0.2) is 42.9 Å². The summed E-state index contributed by atoms with van der Waals surface area (Å²) in [5.74, 6) is 0.0359. The topological polar surface area (TPSA) is 63.9 Å². The van der Waals surface area contributed by atoms with Gasteiger partial charge < -0.3 is 4.90 Å². The first-order valence-corrected chi connectivity index (χ1v) is 8.95. The molecule has 2 bridgehead atoms. The van der Waals surface area contributed by atoms with Crippen molar-refractivity contribution in [1.29, 1.82) is 0 Å². The van der Waals surface area contributed by atoms with E-state index in [0.717, 1.165) is 19.3 Å². The summed E-state index contributed by atoms with van der Waals surface area (Å²) in [6.45, 7) is 0. The molecule has 0 spiro atoms. The van der Waals surface area contributed by atoms with Crippen LogP contribution >= 0.6 is 0 Å². The molecule has 130 valence electrons. The van der Waals surface area contributed by atoms with Crippen LogP contribution in [0, 0.1) is 0 Å². The average Bonchev–Trinajstić information content (AvgIpc) is 3.18. The molecule has 2 atom stereocenters. The lowest BCUT2D eigenvalue weighted by Crippen LogP contribution is -2.43. The number of carbonyl (C=O) groups excluding carboxylic acids is 1. The second-order valence-corrected chi connectivity index (χ2v) is 7.02. The van der Waals surface area contributed by atoms with Crippen molar-refractivity contribution in [3.63, 3.8) is 0 Å². The Bertz CT molecular complexity index is 1020. The van der Waals surface area contributed by atoms with Gasteiger partial charge in [-0.1, -0.05) is 41.6 Å². The van der Waals surface area contributed by atoms with E-state index in [2.05, 4.69) is 45.6 Å². The molecule has 1 fully saturated rings. The van der Waals surface area contributed by atoms with Gasteiger partial charge in [0, 0.05) is 19.3 Å². The van der Waals surface area contributed by atoms with E-state index in [0.29, 0.717) is 16.7 Å². The van der Waals surface area contributed by atoms with E-state index in [4.69, 9.17) is 0 Å². The number of pyridine rings is 1. The number of benzene rings is 1. The third-order valence-electron chi connectivity index (χ3n) is 5.50. The highest BCUT2D eigenvalue weighted by molar-refractivity contribution is 6.04. The van der Waals surface area contributed by atoms with E-state index in [1.54, 1.807) is 24.0 Å². The molecule has 2 aliphatic rings. The van der Waals surface area contributed by atoms with E-state index in [-0.39, 0.29) is 18.0 Å².